The molecule has 3 rings (SSSR count). The van der Waals surface area contributed by atoms with E-state index >= 15 is 0 Å². The van der Waals surface area contributed by atoms with Crippen LogP contribution in [0.15, 0.2) is 58.2 Å². The number of rotatable bonds is 5. The van der Waals surface area contributed by atoms with Gasteiger partial charge in [0.25, 0.3) is 5.22 Å². The molecule has 25 heavy (non-hydrogen) atoms. The molecule has 1 atom stereocenters. The van der Waals surface area contributed by atoms with Crippen LogP contribution in [0.1, 0.15) is 18.1 Å². The maximum Gasteiger partial charge on any atom is 0.277 e. The molecule has 0 saturated carbocycles. The minimum Gasteiger partial charge on any atom is -0.411 e. The first-order valence-electron chi connectivity index (χ1n) is 7.96. The van der Waals surface area contributed by atoms with Gasteiger partial charge in [-0.2, -0.15) is 0 Å². The van der Waals surface area contributed by atoms with Gasteiger partial charge in [-0.05, 0) is 50.6 Å². The fourth-order valence-corrected chi connectivity index (χ4v) is 3.01. The lowest BCUT2D eigenvalue weighted by molar-refractivity contribution is -0.115. The molecule has 0 saturated heterocycles. The normalized spacial score (nSPS) is 12.0. The molecule has 1 aromatic heterocycles. The number of anilines is 1. The van der Waals surface area contributed by atoms with Crippen LogP contribution in [0.2, 0.25) is 0 Å². The van der Waals surface area contributed by atoms with Crippen molar-refractivity contribution in [2.45, 2.75) is 31.2 Å². The molecule has 1 amide bonds. The number of thioether (sulfide) groups is 1. The van der Waals surface area contributed by atoms with Gasteiger partial charge in [0.15, 0.2) is 0 Å². The maximum atomic E-state index is 12.3. The van der Waals surface area contributed by atoms with Crippen LogP contribution >= 0.6 is 11.8 Å². The lowest BCUT2D eigenvalue weighted by Crippen LogP contribution is -2.22. The van der Waals surface area contributed by atoms with Crippen molar-refractivity contribution in [3.63, 3.8) is 0 Å². The number of amides is 1. The van der Waals surface area contributed by atoms with Crippen molar-refractivity contribution in [2.75, 3.05) is 5.32 Å². The Bertz CT molecular complexity index is 892. The molecule has 0 bridgehead atoms. The van der Waals surface area contributed by atoms with Crippen LogP contribution < -0.4 is 5.32 Å². The number of carbonyl (C=O) groups excluding carboxylic acids is 1. The minimum absolute atomic E-state index is 0.106. The molecule has 0 aliphatic carbocycles. The summed E-state index contributed by atoms with van der Waals surface area (Å²) >= 11 is 1.24. The highest BCUT2D eigenvalue weighted by Gasteiger charge is 2.19. The summed E-state index contributed by atoms with van der Waals surface area (Å²) in [4.78, 5) is 12.3. The molecule has 1 heterocycles. The van der Waals surface area contributed by atoms with E-state index in [0.29, 0.717) is 11.1 Å². The average Bonchev–Trinajstić information content (AvgIpc) is 3.03. The Morgan fingerprint density at radius 3 is 2.52 bits per heavy atom. The number of nitrogens with one attached hydrogen (secondary N) is 1. The van der Waals surface area contributed by atoms with E-state index in [9.17, 15) is 4.79 Å². The molecule has 0 radical (unpaired) electrons. The summed E-state index contributed by atoms with van der Waals surface area (Å²) < 4.78 is 5.68. The highest BCUT2D eigenvalue weighted by molar-refractivity contribution is 8.00. The Hall–Kier alpha value is -2.60. The molecule has 0 spiro atoms. The fourth-order valence-electron chi connectivity index (χ4n) is 2.32. The summed E-state index contributed by atoms with van der Waals surface area (Å²) in [5, 5.41) is 11.0. The van der Waals surface area contributed by atoms with Crippen LogP contribution in [0.5, 0.6) is 0 Å². The average molecular weight is 353 g/mol. The number of nitrogens with zero attached hydrogens (tertiary/aromatic N) is 2. The Balaban J connectivity index is 1.65. The molecule has 2 aromatic carbocycles. The van der Waals surface area contributed by atoms with Gasteiger partial charge in [-0.15, -0.1) is 10.2 Å². The molecule has 0 aliphatic rings. The van der Waals surface area contributed by atoms with E-state index in [1.54, 1.807) is 0 Å². The number of carbonyl (C=O) groups is 1. The van der Waals surface area contributed by atoms with E-state index in [4.69, 9.17) is 4.42 Å². The molecule has 5 nitrogen and oxygen atoms in total. The molecular formula is C19H19N3O2S. The first-order valence-corrected chi connectivity index (χ1v) is 8.84. The standard InChI is InChI=1S/C19H19N3O2S/c1-12-6-4-8-15(10-12)18-21-22-19(24-18)25-14(3)17(23)20-16-9-5-7-13(2)11-16/h4-11,14H,1-3H3,(H,20,23)/t14-/m0/s1. The molecule has 6 heteroatoms. The van der Waals surface area contributed by atoms with Gasteiger partial charge in [-0.1, -0.05) is 41.6 Å². The molecule has 3 aromatic rings. The fraction of sp³-hybridized carbons (Fsp3) is 0.211. The maximum absolute atomic E-state index is 12.3. The predicted octanol–water partition coefficient (Wildman–Crippen LogP) is 4.47. The van der Waals surface area contributed by atoms with Gasteiger partial charge >= 0.3 is 0 Å². The van der Waals surface area contributed by atoms with Crippen LogP contribution in [0.3, 0.4) is 0 Å². The van der Waals surface area contributed by atoms with E-state index < -0.39 is 0 Å². The number of hydrogen-bond donors (Lipinski definition) is 1. The number of aryl methyl sites for hydroxylation is 2. The number of aromatic nitrogens is 2. The predicted molar refractivity (Wildman–Crippen MR) is 99.6 cm³/mol. The lowest BCUT2D eigenvalue weighted by atomic mass is 10.1. The summed E-state index contributed by atoms with van der Waals surface area (Å²) in [5.74, 6) is 0.350. The largest absolute Gasteiger partial charge is 0.411 e. The molecule has 0 unspecified atom stereocenters. The molecule has 0 aliphatic heterocycles. The molecule has 128 valence electrons. The van der Waals surface area contributed by atoms with E-state index in [2.05, 4.69) is 15.5 Å². The summed E-state index contributed by atoms with van der Waals surface area (Å²) in [6.07, 6.45) is 0. The van der Waals surface area contributed by atoms with E-state index in [1.165, 1.54) is 11.8 Å². The Kier molecular flexibility index (Phi) is 5.19. The van der Waals surface area contributed by atoms with E-state index in [1.807, 2.05) is 69.3 Å². The zero-order valence-corrected chi connectivity index (χ0v) is 15.1. The van der Waals surface area contributed by atoms with E-state index in [0.717, 1.165) is 22.4 Å². The summed E-state index contributed by atoms with van der Waals surface area (Å²) in [6.45, 7) is 5.80. The van der Waals surface area contributed by atoms with Crippen LogP contribution in [-0.2, 0) is 4.79 Å². The summed E-state index contributed by atoms with van der Waals surface area (Å²) in [7, 11) is 0. The van der Waals surface area contributed by atoms with Crippen molar-refractivity contribution in [1.29, 1.82) is 0 Å². The number of benzene rings is 2. The van der Waals surface area contributed by atoms with Crippen molar-refractivity contribution in [3.05, 3.63) is 59.7 Å². The van der Waals surface area contributed by atoms with Crippen molar-refractivity contribution < 1.29 is 9.21 Å². The van der Waals surface area contributed by atoms with Gasteiger partial charge in [0.05, 0.1) is 5.25 Å². The van der Waals surface area contributed by atoms with Crippen LogP contribution in [0.4, 0.5) is 5.69 Å². The van der Waals surface area contributed by atoms with Crippen LogP contribution in [0, 0.1) is 13.8 Å². The van der Waals surface area contributed by atoms with Gasteiger partial charge in [-0.25, -0.2) is 0 Å². The second-order valence-corrected chi connectivity index (χ2v) is 7.15. The summed E-state index contributed by atoms with van der Waals surface area (Å²) in [6, 6.07) is 15.5. The first-order chi connectivity index (χ1) is 12.0. The van der Waals surface area contributed by atoms with E-state index in [-0.39, 0.29) is 11.2 Å². The van der Waals surface area contributed by atoms with Crippen molar-refractivity contribution in [2.24, 2.45) is 0 Å². The van der Waals surface area contributed by atoms with Crippen molar-refractivity contribution in [3.8, 4) is 11.5 Å². The number of hydrogen-bond acceptors (Lipinski definition) is 5. The summed E-state index contributed by atoms with van der Waals surface area (Å²) in [5.41, 5.74) is 3.87. The zero-order chi connectivity index (χ0) is 17.8. The third-order valence-corrected chi connectivity index (χ3v) is 4.54. The van der Waals surface area contributed by atoms with Crippen molar-refractivity contribution >= 4 is 23.4 Å². The second-order valence-electron chi connectivity index (χ2n) is 5.86. The highest BCUT2D eigenvalue weighted by atomic mass is 32.2. The zero-order valence-electron chi connectivity index (χ0n) is 14.3. The molecule has 1 N–H and O–H groups in total. The Morgan fingerprint density at radius 2 is 1.80 bits per heavy atom. The van der Waals surface area contributed by atoms with Gasteiger partial charge in [-0.3, -0.25) is 4.79 Å². The SMILES string of the molecule is Cc1cccc(NC(=O)[C@H](C)Sc2nnc(-c3cccc(C)c3)o2)c1. The highest BCUT2D eigenvalue weighted by Crippen LogP contribution is 2.27. The van der Waals surface area contributed by atoms with Gasteiger partial charge < -0.3 is 9.73 Å². The van der Waals surface area contributed by atoms with Gasteiger partial charge in [0.2, 0.25) is 11.8 Å². The smallest absolute Gasteiger partial charge is 0.277 e. The topological polar surface area (TPSA) is 68.0 Å². The quantitative estimate of drug-likeness (QED) is 0.685. The molecule has 0 fully saturated rings. The minimum atomic E-state index is -0.355. The van der Waals surface area contributed by atoms with Crippen LogP contribution in [0.25, 0.3) is 11.5 Å². The third kappa shape index (κ3) is 4.48. The van der Waals surface area contributed by atoms with Gasteiger partial charge in [0, 0.05) is 11.3 Å². The monoisotopic (exact) mass is 353 g/mol. The van der Waals surface area contributed by atoms with Gasteiger partial charge in [0.1, 0.15) is 0 Å². The Labute approximate surface area is 150 Å². The Morgan fingerprint density at radius 1 is 1.08 bits per heavy atom. The third-order valence-electron chi connectivity index (χ3n) is 3.60. The molecular weight excluding hydrogens is 334 g/mol. The van der Waals surface area contributed by atoms with Crippen molar-refractivity contribution in [1.82, 2.24) is 10.2 Å². The second kappa shape index (κ2) is 7.53. The van der Waals surface area contributed by atoms with Crippen LogP contribution in [-0.4, -0.2) is 21.4 Å². The first kappa shape index (κ1) is 17.2. The lowest BCUT2D eigenvalue weighted by Gasteiger charge is -2.10.